The van der Waals surface area contributed by atoms with Gasteiger partial charge in [-0.15, -0.1) is 0 Å². The number of hydrogen-bond acceptors (Lipinski definition) is 2. The summed E-state index contributed by atoms with van der Waals surface area (Å²) in [6.45, 7) is 0.884. The van der Waals surface area contributed by atoms with Crippen molar-refractivity contribution in [2.75, 3.05) is 6.54 Å². The summed E-state index contributed by atoms with van der Waals surface area (Å²) in [7, 11) is 1.88. The van der Waals surface area contributed by atoms with Gasteiger partial charge in [0.1, 0.15) is 5.82 Å². The summed E-state index contributed by atoms with van der Waals surface area (Å²) in [6, 6.07) is 4.47. The van der Waals surface area contributed by atoms with E-state index < -0.39 is 0 Å². The first-order valence-electron chi connectivity index (χ1n) is 6.69. The second kappa shape index (κ2) is 4.78. The van der Waals surface area contributed by atoms with E-state index in [2.05, 4.69) is 5.32 Å². The van der Waals surface area contributed by atoms with Crippen LogP contribution in [0.2, 0.25) is 0 Å². The number of piperidine rings is 1. The monoisotopic (exact) mass is 260 g/mol. The van der Waals surface area contributed by atoms with Gasteiger partial charge in [0.2, 0.25) is 0 Å². The van der Waals surface area contributed by atoms with Gasteiger partial charge in [0.05, 0.1) is 6.04 Å². The summed E-state index contributed by atoms with van der Waals surface area (Å²) in [5.41, 5.74) is 1.51. The number of aryl methyl sites for hydroxylation is 1. The fourth-order valence-corrected chi connectivity index (χ4v) is 2.82. The molecule has 1 fully saturated rings. The number of nitrogens with zero attached hydrogens (tertiary/aromatic N) is 1. The third-order valence-electron chi connectivity index (χ3n) is 3.84. The predicted octanol–water partition coefficient (Wildman–Crippen LogP) is 2.64. The number of benzene rings is 1. The highest BCUT2D eigenvalue weighted by molar-refractivity contribution is 6.10. The Kier molecular flexibility index (Phi) is 3.11. The number of fused-ring (bicyclic) bond motifs is 1. The van der Waals surface area contributed by atoms with E-state index in [9.17, 15) is 9.18 Å². The molecule has 0 spiro atoms. The first-order chi connectivity index (χ1) is 9.16. The third-order valence-corrected chi connectivity index (χ3v) is 3.84. The average molecular weight is 260 g/mol. The molecule has 2 heterocycles. The Bertz CT molecular complexity index is 626. The van der Waals surface area contributed by atoms with Gasteiger partial charge in [-0.3, -0.25) is 4.79 Å². The van der Waals surface area contributed by atoms with Gasteiger partial charge in [0.25, 0.3) is 0 Å². The van der Waals surface area contributed by atoms with Crippen molar-refractivity contribution in [3.63, 3.8) is 0 Å². The van der Waals surface area contributed by atoms with Crippen LogP contribution in [0.4, 0.5) is 4.39 Å². The predicted molar refractivity (Wildman–Crippen MR) is 72.8 cm³/mol. The van der Waals surface area contributed by atoms with Crippen molar-refractivity contribution in [1.29, 1.82) is 0 Å². The molecule has 1 atom stereocenters. The molecule has 0 saturated carbocycles. The average Bonchev–Trinajstić information content (AvgIpc) is 2.75. The summed E-state index contributed by atoms with van der Waals surface area (Å²) >= 11 is 0. The smallest absolute Gasteiger partial charge is 0.181 e. The lowest BCUT2D eigenvalue weighted by atomic mass is 9.96. The summed E-state index contributed by atoms with van der Waals surface area (Å²) in [5.74, 6) is -0.222. The van der Waals surface area contributed by atoms with Crippen molar-refractivity contribution in [3.05, 3.63) is 35.8 Å². The number of aromatic nitrogens is 1. The molecule has 1 aliphatic heterocycles. The Labute approximate surface area is 111 Å². The molecule has 0 aliphatic carbocycles. The Morgan fingerprint density at radius 1 is 1.42 bits per heavy atom. The third kappa shape index (κ3) is 2.16. The van der Waals surface area contributed by atoms with Crippen LogP contribution in [-0.2, 0) is 7.05 Å². The first-order valence-corrected chi connectivity index (χ1v) is 6.69. The fraction of sp³-hybridized carbons (Fsp3) is 0.400. The van der Waals surface area contributed by atoms with Gasteiger partial charge in [-0.25, -0.2) is 4.39 Å². The molecule has 1 aliphatic rings. The minimum absolute atomic E-state index is 0.0795. The van der Waals surface area contributed by atoms with Crippen LogP contribution < -0.4 is 5.32 Å². The molecular weight excluding hydrogens is 243 g/mol. The second-order valence-corrected chi connectivity index (χ2v) is 5.18. The fourth-order valence-electron chi connectivity index (χ4n) is 2.82. The number of rotatable bonds is 2. The van der Waals surface area contributed by atoms with Gasteiger partial charge < -0.3 is 9.88 Å². The molecule has 0 amide bonds. The Morgan fingerprint density at radius 2 is 2.26 bits per heavy atom. The zero-order chi connectivity index (χ0) is 13.4. The maximum atomic E-state index is 13.4. The molecule has 1 aromatic heterocycles. The van der Waals surface area contributed by atoms with Crippen molar-refractivity contribution in [2.45, 2.75) is 25.3 Å². The van der Waals surface area contributed by atoms with E-state index in [-0.39, 0.29) is 17.6 Å². The molecule has 19 heavy (non-hydrogen) atoms. The van der Waals surface area contributed by atoms with Gasteiger partial charge in [-0.05, 0) is 37.6 Å². The zero-order valence-electron chi connectivity index (χ0n) is 10.9. The van der Waals surface area contributed by atoms with Crippen molar-refractivity contribution >= 4 is 16.7 Å². The Morgan fingerprint density at radius 3 is 3.00 bits per heavy atom. The number of nitrogens with one attached hydrogen (secondary N) is 1. The van der Waals surface area contributed by atoms with Crippen LogP contribution in [-0.4, -0.2) is 22.9 Å². The van der Waals surface area contributed by atoms with E-state index in [1.807, 2.05) is 17.8 Å². The zero-order valence-corrected chi connectivity index (χ0v) is 10.9. The minimum Gasteiger partial charge on any atom is -0.350 e. The highest BCUT2D eigenvalue weighted by Gasteiger charge is 2.24. The number of carbonyl (C=O) groups excluding carboxylic acids is 1. The van der Waals surface area contributed by atoms with Crippen LogP contribution in [0.1, 0.15) is 29.6 Å². The number of halogens is 1. The van der Waals surface area contributed by atoms with E-state index in [0.717, 1.165) is 31.3 Å². The quantitative estimate of drug-likeness (QED) is 0.842. The molecule has 4 heteroatoms. The van der Waals surface area contributed by atoms with E-state index in [4.69, 9.17) is 0 Å². The molecule has 1 aromatic carbocycles. The van der Waals surface area contributed by atoms with E-state index in [1.165, 1.54) is 12.1 Å². The SMILES string of the molecule is Cn1cc(C(=O)C2CCCCN2)c2cc(F)ccc21. The molecule has 1 unspecified atom stereocenters. The number of ketones is 1. The molecule has 2 aromatic rings. The molecule has 0 bridgehead atoms. The normalized spacial score (nSPS) is 19.8. The van der Waals surface area contributed by atoms with Crippen molar-refractivity contribution in [1.82, 2.24) is 9.88 Å². The van der Waals surface area contributed by atoms with Crippen LogP contribution >= 0.6 is 0 Å². The van der Waals surface area contributed by atoms with Gasteiger partial charge >= 0.3 is 0 Å². The minimum atomic E-state index is -0.302. The number of hydrogen-bond donors (Lipinski definition) is 1. The maximum Gasteiger partial charge on any atom is 0.181 e. The molecule has 3 nitrogen and oxygen atoms in total. The molecular formula is C15H17FN2O. The molecule has 100 valence electrons. The first kappa shape index (κ1) is 12.4. The van der Waals surface area contributed by atoms with Gasteiger partial charge in [-0.2, -0.15) is 0 Å². The van der Waals surface area contributed by atoms with Gasteiger partial charge in [-0.1, -0.05) is 6.42 Å². The summed E-state index contributed by atoms with van der Waals surface area (Å²) in [6.07, 6.45) is 4.86. The highest BCUT2D eigenvalue weighted by atomic mass is 19.1. The van der Waals surface area contributed by atoms with E-state index in [1.54, 1.807) is 6.07 Å². The van der Waals surface area contributed by atoms with Crippen molar-refractivity contribution < 1.29 is 9.18 Å². The maximum absolute atomic E-state index is 13.4. The van der Waals surface area contributed by atoms with Gasteiger partial charge in [0, 0.05) is 29.7 Å². The molecule has 3 rings (SSSR count). The Balaban J connectivity index is 2.04. The largest absolute Gasteiger partial charge is 0.350 e. The van der Waals surface area contributed by atoms with Crippen LogP contribution in [0.3, 0.4) is 0 Å². The lowest BCUT2D eigenvalue weighted by Gasteiger charge is -2.21. The molecule has 0 radical (unpaired) electrons. The van der Waals surface area contributed by atoms with Crippen molar-refractivity contribution in [2.24, 2.45) is 7.05 Å². The summed E-state index contributed by atoms with van der Waals surface area (Å²) in [5, 5.41) is 3.96. The number of carbonyl (C=O) groups is 1. The molecule has 1 N–H and O–H groups in total. The van der Waals surface area contributed by atoms with Crippen LogP contribution in [0.25, 0.3) is 10.9 Å². The number of Topliss-reactive ketones (excluding diaryl/α,β-unsaturated/α-hetero) is 1. The lowest BCUT2D eigenvalue weighted by molar-refractivity contribution is 0.0928. The van der Waals surface area contributed by atoms with Crippen LogP contribution in [0.15, 0.2) is 24.4 Å². The second-order valence-electron chi connectivity index (χ2n) is 5.18. The molecule has 1 saturated heterocycles. The van der Waals surface area contributed by atoms with E-state index >= 15 is 0 Å². The standard InChI is InChI=1S/C15H17FN2O/c1-18-9-12(11-8-10(16)5-6-14(11)18)15(19)13-4-2-3-7-17-13/h5-6,8-9,13,17H,2-4,7H2,1H3. The van der Waals surface area contributed by atoms with Crippen molar-refractivity contribution in [3.8, 4) is 0 Å². The van der Waals surface area contributed by atoms with Crippen LogP contribution in [0.5, 0.6) is 0 Å². The summed E-state index contributed by atoms with van der Waals surface area (Å²) < 4.78 is 15.3. The lowest BCUT2D eigenvalue weighted by Crippen LogP contribution is -2.40. The van der Waals surface area contributed by atoms with Gasteiger partial charge in [0.15, 0.2) is 5.78 Å². The topological polar surface area (TPSA) is 34.0 Å². The summed E-state index contributed by atoms with van der Waals surface area (Å²) in [4.78, 5) is 12.5. The van der Waals surface area contributed by atoms with E-state index in [0.29, 0.717) is 10.9 Å². The van der Waals surface area contributed by atoms with Crippen LogP contribution in [0, 0.1) is 5.82 Å². The Hall–Kier alpha value is -1.68. The highest BCUT2D eigenvalue weighted by Crippen LogP contribution is 2.24.